The highest BCUT2D eigenvalue weighted by Crippen LogP contribution is 2.37. The van der Waals surface area contributed by atoms with Crippen LogP contribution >= 0.6 is 11.6 Å². The first-order chi connectivity index (χ1) is 15.4. The van der Waals surface area contributed by atoms with E-state index >= 15 is 0 Å². The zero-order valence-corrected chi connectivity index (χ0v) is 17.4. The molecular weight excluding hydrogens is 432 g/mol. The number of anilines is 2. The van der Waals surface area contributed by atoms with Gasteiger partial charge in [-0.15, -0.1) is 0 Å². The molecule has 0 aliphatic carbocycles. The van der Waals surface area contributed by atoms with Gasteiger partial charge in [-0.2, -0.15) is 9.61 Å². The van der Waals surface area contributed by atoms with Crippen molar-refractivity contribution in [3.05, 3.63) is 47.7 Å². The Hall–Kier alpha value is -3.92. The summed E-state index contributed by atoms with van der Waals surface area (Å²) in [4.78, 5) is 35.2. The summed E-state index contributed by atoms with van der Waals surface area (Å²) in [6.07, 6.45) is 3.89. The molecule has 10 nitrogen and oxygen atoms in total. The molecule has 0 saturated carbocycles. The van der Waals surface area contributed by atoms with Gasteiger partial charge in [-0.1, -0.05) is 29.8 Å². The van der Waals surface area contributed by atoms with Crippen LogP contribution in [0.25, 0.3) is 27.7 Å². The van der Waals surface area contributed by atoms with Crippen LogP contribution in [0.5, 0.6) is 0 Å². The van der Waals surface area contributed by atoms with Crippen molar-refractivity contribution in [2.45, 2.75) is 12.0 Å². The Bertz CT molecular complexity index is 1450. The Balaban J connectivity index is 1.45. The Morgan fingerprint density at radius 3 is 2.84 bits per heavy atom. The number of imide groups is 1. The SMILES string of the molecule is Nc1c(Cl)c(N2CCC3(C2)NC(=O)NC3=O)nc2c(-c3cnc4ccccc4c3)cnn12. The predicted octanol–water partition coefficient (Wildman–Crippen LogP) is 1.97. The molecule has 2 aliphatic rings. The zero-order valence-electron chi connectivity index (χ0n) is 16.7. The standard InChI is InChI=1S/C21H17ClN8O2/c22-15-16(23)30-17(13(9-25-30)12-7-11-3-1-2-4-14(11)24-8-12)26-18(15)29-6-5-21(10-29)19(31)27-20(32)28-21/h1-4,7-9H,5-6,10,23H2,(H2,27,28,31,32). The highest BCUT2D eigenvalue weighted by molar-refractivity contribution is 6.35. The fraction of sp³-hybridized carbons (Fsp3) is 0.190. The molecule has 1 unspecified atom stereocenters. The van der Waals surface area contributed by atoms with Gasteiger partial charge in [0.2, 0.25) is 0 Å². The summed E-state index contributed by atoms with van der Waals surface area (Å²) in [6.45, 7) is 0.727. The number of amides is 3. The summed E-state index contributed by atoms with van der Waals surface area (Å²) < 4.78 is 1.49. The van der Waals surface area contributed by atoms with Crippen LogP contribution in [0.1, 0.15) is 6.42 Å². The summed E-state index contributed by atoms with van der Waals surface area (Å²) >= 11 is 6.56. The summed E-state index contributed by atoms with van der Waals surface area (Å²) in [5, 5.41) is 10.6. The number of nitrogens with one attached hydrogen (secondary N) is 2. The highest BCUT2D eigenvalue weighted by atomic mass is 35.5. The summed E-state index contributed by atoms with van der Waals surface area (Å²) in [5.41, 5.74) is 8.33. The van der Waals surface area contributed by atoms with E-state index < -0.39 is 11.6 Å². The van der Waals surface area contributed by atoms with Gasteiger partial charge < -0.3 is 16.0 Å². The normalized spacial score (nSPS) is 20.5. The maximum Gasteiger partial charge on any atom is 0.322 e. The molecule has 5 heterocycles. The van der Waals surface area contributed by atoms with Crippen molar-refractivity contribution in [3.8, 4) is 11.1 Å². The minimum absolute atomic E-state index is 0.241. The number of carbonyl (C=O) groups excluding carboxylic acids is 2. The molecule has 1 atom stereocenters. The van der Waals surface area contributed by atoms with Crippen LogP contribution in [0.4, 0.5) is 16.4 Å². The van der Waals surface area contributed by atoms with Gasteiger partial charge in [-0.3, -0.25) is 15.1 Å². The van der Waals surface area contributed by atoms with Gasteiger partial charge in [-0.05, 0) is 18.6 Å². The summed E-state index contributed by atoms with van der Waals surface area (Å²) in [6, 6.07) is 9.37. The maximum absolute atomic E-state index is 12.3. The average Bonchev–Trinajstić information content (AvgIpc) is 3.48. The van der Waals surface area contributed by atoms with E-state index in [1.807, 2.05) is 35.2 Å². The van der Waals surface area contributed by atoms with E-state index in [1.165, 1.54) is 4.52 Å². The van der Waals surface area contributed by atoms with Crippen LogP contribution in [0, 0.1) is 0 Å². The van der Waals surface area contributed by atoms with Crippen LogP contribution in [-0.4, -0.2) is 50.1 Å². The number of halogens is 1. The van der Waals surface area contributed by atoms with E-state index in [1.54, 1.807) is 12.4 Å². The van der Waals surface area contributed by atoms with E-state index in [0.29, 0.717) is 24.4 Å². The molecular formula is C21H17ClN8O2. The number of urea groups is 1. The highest BCUT2D eigenvalue weighted by Gasteiger charge is 2.51. The van der Waals surface area contributed by atoms with Crippen molar-refractivity contribution in [1.82, 2.24) is 30.2 Å². The molecule has 2 saturated heterocycles. The predicted molar refractivity (Wildman–Crippen MR) is 119 cm³/mol. The van der Waals surface area contributed by atoms with Crippen molar-refractivity contribution >= 4 is 51.7 Å². The third-order valence-corrected chi connectivity index (χ3v) is 6.45. The number of nitrogens with two attached hydrogens (primary N) is 1. The lowest BCUT2D eigenvalue weighted by Gasteiger charge is -2.23. The molecule has 6 rings (SSSR count). The smallest absolute Gasteiger partial charge is 0.322 e. The molecule has 11 heteroatoms. The van der Waals surface area contributed by atoms with E-state index in [4.69, 9.17) is 22.3 Å². The molecule has 1 spiro atoms. The number of para-hydroxylation sites is 1. The van der Waals surface area contributed by atoms with Crippen LogP contribution in [-0.2, 0) is 4.79 Å². The first kappa shape index (κ1) is 18.8. The van der Waals surface area contributed by atoms with E-state index in [0.717, 1.165) is 22.0 Å². The molecule has 1 aromatic carbocycles. The number of aromatic nitrogens is 4. The topological polar surface area (TPSA) is 131 Å². The molecule has 3 amide bonds. The Labute approximate surface area is 186 Å². The van der Waals surface area contributed by atoms with Crippen molar-refractivity contribution in [2.24, 2.45) is 0 Å². The van der Waals surface area contributed by atoms with E-state index in [9.17, 15) is 9.59 Å². The van der Waals surface area contributed by atoms with Crippen molar-refractivity contribution in [3.63, 3.8) is 0 Å². The minimum Gasteiger partial charge on any atom is -0.382 e. The first-order valence-electron chi connectivity index (χ1n) is 10.0. The number of hydrogen-bond acceptors (Lipinski definition) is 7. The zero-order chi connectivity index (χ0) is 22.0. The van der Waals surface area contributed by atoms with E-state index in [-0.39, 0.29) is 23.3 Å². The van der Waals surface area contributed by atoms with Crippen molar-refractivity contribution < 1.29 is 9.59 Å². The number of hydrogen-bond donors (Lipinski definition) is 3. The second-order valence-electron chi connectivity index (χ2n) is 8.01. The number of carbonyl (C=O) groups is 2. The lowest BCUT2D eigenvalue weighted by Crippen LogP contribution is -2.49. The number of fused-ring (bicyclic) bond motifs is 2. The van der Waals surface area contributed by atoms with Gasteiger partial charge >= 0.3 is 6.03 Å². The quantitative estimate of drug-likeness (QED) is 0.399. The van der Waals surface area contributed by atoms with Gasteiger partial charge in [0.15, 0.2) is 11.5 Å². The maximum atomic E-state index is 12.3. The van der Waals surface area contributed by atoms with Gasteiger partial charge in [0.1, 0.15) is 16.4 Å². The number of benzene rings is 1. The fourth-order valence-corrected chi connectivity index (χ4v) is 4.66. The third kappa shape index (κ3) is 2.62. The van der Waals surface area contributed by atoms with Crippen LogP contribution in [0.2, 0.25) is 5.02 Å². The summed E-state index contributed by atoms with van der Waals surface area (Å²) in [7, 11) is 0. The van der Waals surface area contributed by atoms with Crippen molar-refractivity contribution in [2.75, 3.05) is 23.7 Å². The van der Waals surface area contributed by atoms with Crippen molar-refractivity contribution in [1.29, 1.82) is 0 Å². The molecule has 0 radical (unpaired) electrons. The molecule has 4 N–H and O–H groups in total. The van der Waals surface area contributed by atoms with Crippen LogP contribution in [0.15, 0.2) is 42.7 Å². The monoisotopic (exact) mass is 448 g/mol. The molecule has 2 aliphatic heterocycles. The van der Waals surface area contributed by atoms with E-state index in [2.05, 4.69) is 20.7 Å². The Morgan fingerprint density at radius 1 is 1.19 bits per heavy atom. The second-order valence-corrected chi connectivity index (χ2v) is 8.38. The largest absolute Gasteiger partial charge is 0.382 e. The molecule has 0 bridgehead atoms. The minimum atomic E-state index is -0.992. The Kier molecular flexibility index (Phi) is 3.84. The lowest BCUT2D eigenvalue weighted by atomic mass is 10.00. The number of nitrogens with zero attached hydrogens (tertiary/aromatic N) is 5. The molecule has 160 valence electrons. The first-order valence-corrected chi connectivity index (χ1v) is 10.4. The Morgan fingerprint density at radius 2 is 2.03 bits per heavy atom. The average molecular weight is 449 g/mol. The van der Waals surface area contributed by atoms with Crippen LogP contribution < -0.4 is 21.3 Å². The van der Waals surface area contributed by atoms with Gasteiger partial charge in [-0.25, -0.2) is 9.78 Å². The molecule has 32 heavy (non-hydrogen) atoms. The lowest BCUT2D eigenvalue weighted by molar-refractivity contribution is -0.123. The summed E-state index contributed by atoms with van der Waals surface area (Å²) in [5.74, 6) is 0.341. The number of rotatable bonds is 2. The van der Waals surface area contributed by atoms with Gasteiger partial charge in [0.25, 0.3) is 5.91 Å². The van der Waals surface area contributed by atoms with Gasteiger partial charge in [0.05, 0.1) is 18.3 Å². The van der Waals surface area contributed by atoms with Crippen LogP contribution in [0.3, 0.4) is 0 Å². The molecule has 3 aromatic heterocycles. The third-order valence-electron chi connectivity index (χ3n) is 6.09. The molecule has 2 fully saturated rings. The fourth-order valence-electron chi connectivity index (χ4n) is 4.42. The second kappa shape index (κ2) is 6.54. The van der Waals surface area contributed by atoms with Gasteiger partial charge in [0, 0.05) is 29.3 Å². The number of pyridine rings is 1. The molecule has 4 aromatic rings. The number of nitrogen functional groups attached to an aromatic ring is 1.